The first-order valence-corrected chi connectivity index (χ1v) is 6.23. The van der Waals surface area contributed by atoms with Gasteiger partial charge in [-0.2, -0.15) is 0 Å². The van der Waals surface area contributed by atoms with E-state index in [0.29, 0.717) is 11.1 Å². The summed E-state index contributed by atoms with van der Waals surface area (Å²) in [5, 5.41) is 0. The van der Waals surface area contributed by atoms with Crippen molar-refractivity contribution in [3.63, 3.8) is 0 Å². The molecule has 0 atom stereocenters. The number of nitrogens with zero attached hydrogens (tertiary/aromatic N) is 1. The lowest BCUT2D eigenvalue weighted by atomic mass is 10.1. The van der Waals surface area contributed by atoms with Gasteiger partial charge in [-0.15, -0.1) is 0 Å². The van der Waals surface area contributed by atoms with Gasteiger partial charge in [-0.1, -0.05) is 42.5 Å². The minimum Gasteiger partial charge on any atom is -0.389 e. The van der Waals surface area contributed by atoms with Gasteiger partial charge in [0.2, 0.25) is 0 Å². The molecule has 4 heteroatoms. The van der Waals surface area contributed by atoms with Gasteiger partial charge < -0.3 is 10.6 Å². The second-order valence-corrected chi connectivity index (χ2v) is 4.58. The van der Waals surface area contributed by atoms with Gasteiger partial charge in [-0.3, -0.25) is 4.79 Å². The van der Waals surface area contributed by atoms with Gasteiger partial charge >= 0.3 is 0 Å². The number of hydrogen-bond acceptors (Lipinski definition) is 2. The molecule has 0 spiro atoms. The Bertz CT molecular complexity index is 611. The minimum atomic E-state index is -0.0932. The summed E-state index contributed by atoms with van der Waals surface area (Å²) in [7, 11) is 1.74. The average molecular weight is 270 g/mol. The number of benzene rings is 2. The molecular formula is C15H14N2OS. The van der Waals surface area contributed by atoms with E-state index in [-0.39, 0.29) is 10.9 Å². The van der Waals surface area contributed by atoms with Crippen LogP contribution in [0.25, 0.3) is 0 Å². The van der Waals surface area contributed by atoms with E-state index in [1.165, 1.54) is 0 Å². The van der Waals surface area contributed by atoms with Crippen LogP contribution in [0.1, 0.15) is 15.9 Å². The molecule has 2 aromatic rings. The van der Waals surface area contributed by atoms with Crippen LogP contribution in [-0.2, 0) is 0 Å². The van der Waals surface area contributed by atoms with Crippen LogP contribution in [0.3, 0.4) is 0 Å². The van der Waals surface area contributed by atoms with Crippen LogP contribution in [0.2, 0.25) is 0 Å². The lowest BCUT2D eigenvalue weighted by Crippen LogP contribution is -2.26. The van der Waals surface area contributed by atoms with Crippen LogP contribution in [0.4, 0.5) is 5.69 Å². The predicted molar refractivity (Wildman–Crippen MR) is 81.5 cm³/mol. The van der Waals surface area contributed by atoms with Crippen LogP contribution >= 0.6 is 12.2 Å². The van der Waals surface area contributed by atoms with Crippen molar-refractivity contribution in [1.29, 1.82) is 0 Å². The zero-order chi connectivity index (χ0) is 13.8. The largest absolute Gasteiger partial charge is 0.389 e. The van der Waals surface area contributed by atoms with Gasteiger partial charge in [0.25, 0.3) is 5.91 Å². The van der Waals surface area contributed by atoms with E-state index in [4.69, 9.17) is 18.0 Å². The number of rotatable bonds is 3. The van der Waals surface area contributed by atoms with Gasteiger partial charge in [0.05, 0.1) is 0 Å². The summed E-state index contributed by atoms with van der Waals surface area (Å²) in [5.41, 5.74) is 7.68. The van der Waals surface area contributed by atoms with Crippen molar-refractivity contribution in [2.75, 3.05) is 11.9 Å². The highest BCUT2D eigenvalue weighted by Gasteiger charge is 2.13. The summed E-state index contributed by atoms with van der Waals surface area (Å²) in [6, 6.07) is 16.5. The Hall–Kier alpha value is -2.20. The standard InChI is InChI=1S/C15H14N2OS/c1-17(13-8-3-2-4-9-13)15(18)12-7-5-6-11(10-12)14(16)19/h2-10H,1H3,(H2,16,19). The molecule has 0 bridgehead atoms. The van der Waals surface area contributed by atoms with E-state index in [0.717, 1.165) is 5.69 Å². The second-order valence-electron chi connectivity index (χ2n) is 4.14. The quantitative estimate of drug-likeness (QED) is 0.872. The van der Waals surface area contributed by atoms with E-state index >= 15 is 0 Å². The molecule has 0 saturated heterocycles. The van der Waals surface area contributed by atoms with Crippen molar-refractivity contribution in [3.05, 3.63) is 65.7 Å². The number of carbonyl (C=O) groups is 1. The summed E-state index contributed by atoms with van der Waals surface area (Å²) in [4.78, 5) is 14.2. The van der Waals surface area contributed by atoms with E-state index in [9.17, 15) is 4.79 Å². The topological polar surface area (TPSA) is 46.3 Å². The first kappa shape index (κ1) is 13.2. The molecule has 19 heavy (non-hydrogen) atoms. The Morgan fingerprint density at radius 1 is 1.05 bits per heavy atom. The number of hydrogen-bond donors (Lipinski definition) is 1. The molecule has 0 aliphatic carbocycles. The van der Waals surface area contributed by atoms with Crippen molar-refractivity contribution in [2.45, 2.75) is 0 Å². The maximum Gasteiger partial charge on any atom is 0.258 e. The van der Waals surface area contributed by atoms with E-state index in [1.54, 1.807) is 36.2 Å². The van der Waals surface area contributed by atoms with Gasteiger partial charge in [0, 0.05) is 23.9 Å². The molecule has 0 fully saturated rings. The Kier molecular flexibility index (Phi) is 3.92. The summed E-state index contributed by atoms with van der Waals surface area (Å²) < 4.78 is 0. The average Bonchev–Trinajstić information content (AvgIpc) is 2.46. The predicted octanol–water partition coefficient (Wildman–Crippen LogP) is 2.60. The molecule has 2 aromatic carbocycles. The van der Waals surface area contributed by atoms with Gasteiger partial charge in [-0.25, -0.2) is 0 Å². The van der Waals surface area contributed by atoms with Crippen LogP contribution in [0.15, 0.2) is 54.6 Å². The van der Waals surface area contributed by atoms with Gasteiger partial charge in [-0.05, 0) is 24.3 Å². The summed E-state index contributed by atoms with van der Waals surface area (Å²) in [6.45, 7) is 0. The lowest BCUT2D eigenvalue weighted by molar-refractivity contribution is 0.0993. The minimum absolute atomic E-state index is 0.0932. The molecule has 0 heterocycles. The summed E-state index contributed by atoms with van der Waals surface area (Å²) in [6.07, 6.45) is 0. The van der Waals surface area contributed by atoms with E-state index < -0.39 is 0 Å². The fourth-order valence-electron chi connectivity index (χ4n) is 1.77. The van der Waals surface area contributed by atoms with Crippen LogP contribution in [0.5, 0.6) is 0 Å². The Balaban J connectivity index is 2.29. The third kappa shape index (κ3) is 2.98. The summed E-state index contributed by atoms with van der Waals surface area (Å²) in [5.74, 6) is -0.0932. The second kappa shape index (κ2) is 5.63. The number of amides is 1. The summed E-state index contributed by atoms with van der Waals surface area (Å²) >= 11 is 4.92. The molecule has 0 unspecified atom stereocenters. The normalized spacial score (nSPS) is 9.95. The zero-order valence-electron chi connectivity index (χ0n) is 10.5. The highest BCUT2D eigenvalue weighted by atomic mass is 32.1. The van der Waals surface area contributed by atoms with Crippen molar-refractivity contribution in [1.82, 2.24) is 0 Å². The number of carbonyl (C=O) groups excluding carboxylic acids is 1. The Morgan fingerprint density at radius 3 is 2.32 bits per heavy atom. The number of nitrogens with two attached hydrogens (primary N) is 1. The molecule has 0 aliphatic heterocycles. The zero-order valence-corrected chi connectivity index (χ0v) is 11.4. The Labute approximate surface area is 117 Å². The SMILES string of the molecule is CN(C(=O)c1cccc(C(N)=S)c1)c1ccccc1. The molecule has 0 aromatic heterocycles. The maximum absolute atomic E-state index is 12.4. The van der Waals surface area contributed by atoms with Crippen LogP contribution in [-0.4, -0.2) is 17.9 Å². The third-order valence-corrected chi connectivity index (χ3v) is 3.08. The molecule has 0 saturated carbocycles. The van der Waals surface area contributed by atoms with E-state index in [1.807, 2.05) is 30.3 Å². The maximum atomic E-state index is 12.4. The fourth-order valence-corrected chi connectivity index (χ4v) is 1.89. The smallest absolute Gasteiger partial charge is 0.258 e. The Morgan fingerprint density at radius 2 is 1.68 bits per heavy atom. The van der Waals surface area contributed by atoms with E-state index in [2.05, 4.69) is 0 Å². The first-order chi connectivity index (χ1) is 9.09. The van der Waals surface area contributed by atoms with Gasteiger partial charge in [0.15, 0.2) is 0 Å². The van der Waals surface area contributed by atoms with Crippen LogP contribution in [0, 0.1) is 0 Å². The number of para-hydroxylation sites is 1. The molecule has 3 nitrogen and oxygen atoms in total. The highest BCUT2D eigenvalue weighted by molar-refractivity contribution is 7.80. The van der Waals surface area contributed by atoms with Crippen molar-refractivity contribution >= 4 is 28.8 Å². The highest BCUT2D eigenvalue weighted by Crippen LogP contribution is 2.15. The molecule has 1 amide bonds. The number of thiocarbonyl (C=S) groups is 1. The third-order valence-electron chi connectivity index (χ3n) is 2.84. The first-order valence-electron chi connectivity index (χ1n) is 5.82. The monoisotopic (exact) mass is 270 g/mol. The molecule has 2 rings (SSSR count). The van der Waals surface area contributed by atoms with Gasteiger partial charge in [0.1, 0.15) is 4.99 Å². The van der Waals surface area contributed by atoms with Crippen molar-refractivity contribution in [3.8, 4) is 0 Å². The molecule has 2 N–H and O–H groups in total. The van der Waals surface area contributed by atoms with Crippen LogP contribution < -0.4 is 10.6 Å². The lowest BCUT2D eigenvalue weighted by Gasteiger charge is -2.17. The molecule has 96 valence electrons. The molecule has 0 radical (unpaired) electrons. The molecular weight excluding hydrogens is 256 g/mol. The van der Waals surface area contributed by atoms with Crippen molar-refractivity contribution < 1.29 is 4.79 Å². The van der Waals surface area contributed by atoms with Crippen molar-refractivity contribution in [2.24, 2.45) is 5.73 Å². The fraction of sp³-hybridized carbons (Fsp3) is 0.0667. The number of anilines is 1. The molecule has 0 aliphatic rings.